The first-order valence-corrected chi connectivity index (χ1v) is 7.01. The maximum Gasteiger partial charge on any atom is 0.122 e. The molecule has 0 atom stereocenters. The van der Waals surface area contributed by atoms with Gasteiger partial charge in [-0.2, -0.15) is 0 Å². The summed E-state index contributed by atoms with van der Waals surface area (Å²) < 4.78 is 5.46. The third-order valence-corrected chi connectivity index (χ3v) is 3.21. The first kappa shape index (κ1) is 16.0. The number of methoxy groups -OCH3 is 1. The minimum Gasteiger partial charge on any atom is -0.496 e. The standard InChI is InChI=1S/C16H28N2O/c1-16(2,3)14-12-13(6-7-15(14)19-5)8-9-18-11-10-17-4/h6-7,12,17-18H,8-11H2,1-5H3. The summed E-state index contributed by atoms with van der Waals surface area (Å²) in [6, 6.07) is 6.52. The van der Waals surface area contributed by atoms with E-state index in [9.17, 15) is 0 Å². The lowest BCUT2D eigenvalue weighted by atomic mass is 9.85. The van der Waals surface area contributed by atoms with E-state index in [2.05, 4.69) is 49.6 Å². The average molecular weight is 264 g/mol. The van der Waals surface area contributed by atoms with Crippen LogP contribution in [-0.2, 0) is 11.8 Å². The lowest BCUT2D eigenvalue weighted by molar-refractivity contribution is 0.397. The second-order valence-corrected chi connectivity index (χ2v) is 5.89. The Hall–Kier alpha value is -1.06. The molecule has 1 rings (SSSR count). The Morgan fingerprint density at radius 2 is 1.84 bits per heavy atom. The van der Waals surface area contributed by atoms with Gasteiger partial charge in [-0.1, -0.05) is 32.9 Å². The predicted octanol–water partition coefficient (Wildman–Crippen LogP) is 2.34. The van der Waals surface area contributed by atoms with Crippen LogP contribution >= 0.6 is 0 Å². The quantitative estimate of drug-likeness (QED) is 0.742. The molecule has 0 radical (unpaired) electrons. The van der Waals surface area contributed by atoms with Crippen molar-refractivity contribution in [3.8, 4) is 5.75 Å². The minimum atomic E-state index is 0.112. The molecule has 3 heteroatoms. The highest BCUT2D eigenvalue weighted by molar-refractivity contribution is 5.41. The average Bonchev–Trinajstić information content (AvgIpc) is 2.37. The van der Waals surface area contributed by atoms with Gasteiger partial charge < -0.3 is 15.4 Å². The first-order chi connectivity index (χ1) is 8.99. The van der Waals surface area contributed by atoms with Gasteiger partial charge in [-0.3, -0.25) is 0 Å². The molecule has 1 aromatic carbocycles. The second-order valence-electron chi connectivity index (χ2n) is 5.89. The summed E-state index contributed by atoms with van der Waals surface area (Å²) in [6.45, 7) is 9.70. The zero-order chi connectivity index (χ0) is 14.3. The van der Waals surface area contributed by atoms with Crippen LogP contribution < -0.4 is 15.4 Å². The Balaban J connectivity index is 2.65. The molecule has 108 valence electrons. The zero-order valence-electron chi connectivity index (χ0n) is 13.0. The number of hydrogen-bond donors (Lipinski definition) is 2. The molecule has 0 aliphatic rings. The molecule has 0 saturated heterocycles. The predicted molar refractivity (Wildman–Crippen MR) is 82.2 cm³/mol. The van der Waals surface area contributed by atoms with Gasteiger partial charge in [-0.15, -0.1) is 0 Å². The molecular formula is C16H28N2O. The zero-order valence-corrected chi connectivity index (χ0v) is 13.0. The van der Waals surface area contributed by atoms with Crippen LogP contribution in [0.4, 0.5) is 0 Å². The van der Waals surface area contributed by atoms with Gasteiger partial charge in [0.1, 0.15) is 5.75 Å². The number of ether oxygens (including phenoxy) is 1. The third-order valence-electron chi connectivity index (χ3n) is 3.21. The fraction of sp³-hybridized carbons (Fsp3) is 0.625. The Morgan fingerprint density at radius 1 is 1.11 bits per heavy atom. The van der Waals surface area contributed by atoms with Crippen molar-refractivity contribution >= 4 is 0 Å². The lowest BCUT2D eigenvalue weighted by Gasteiger charge is -2.23. The van der Waals surface area contributed by atoms with Crippen LogP contribution in [0.2, 0.25) is 0 Å². The van der Waals surface area contributed by atoms with Crippen LogP contribution in [0.25, 0.3) is 0 Å². The highest BCUT2D eigenvalue weighted by atomic mass is 16.5. The lowest BCUT2D eigenvalue weighted by Crippen LogP contribution is -2.26. The van der Waals surface area contributed by atoms with E-state index in [1.165, 1.54) is 11.1 Å². The monoisotopic (exact) mass is 264 g/mol. The molecule has 0 aliphatic carbocycles. The maximum absolute atomic E-state index is 5.46. The molecule has 0 heterocycles. The molecule has 0 amide bonds. The van der Waals surface area contributed by atoms with Gasteiger partial charge in [0.2, 0.25) is 0 Å². The fourth-order valence-corrected chi connectivity index (χ4v) is 2.07. The number of nitrogens with one attached hydrogen (secondary N) is 2. The second kappa shape index (κ2) is 7.51. The summed E-state index contributed by atoms with van der Waals surface area (Å²) >= 11 is 0. The largest absolute Gasteiger partial charge is 0.496 e. The van der Waals surface area contributed by atoms with Crippen molar-refractivity contribution in [2.75, 3.05) is 33.8 Å². The van der Waals surface area contributed by atoms with Gasteiger partial charge in [0, 0.05) is 13.1 Å². The van der Waals surface area contributed by atoms with Crippen LogP contribution in [0.15, 0.2) is 18.2 Å². The molecule has 3 nitrogen and oxygen atoms in total. The van der Waals surface area contributed by atoms with Crippen molar-refractivity contribution in [1.29, 1.82) is 0 Å². The van der Waals surface area contributed by atoms with Crippen LogP contribution in [0.5, 0.6) is 5.75 Å². The molecule has 2 N–H and O–H groups in total. The molecule has 0 bridgehead atoms. The maximum atomic E-state index is 5.46. The van der Waals surface area contributed by atoms with Gasteiger partial charge >= 0.3 is 0 Å². The van der Waals surface area contributed by atoms with Crippen LogP contribution in [0, 0.1) is 0 Å². The summed E-state index contributed by atoms with van der Waals surface area (Å²) in [6.07, 6.45) is 1.05. The van der Waals surface area contributed by atoms with Crippen molar-refractivity contribution in [3.63, 3.8) is 0 Å². The van der Waals surface area contributed by atoms with Crippen molar-refractivity contribution < 1.29 is 4.74 Å². The molecule has 0 saturated carbocycles. The smallest absolute Gasteiger partial charge is 0.122 e. The van der Waals surface area contributed by atoms with E-state index in [0.29, 0.717) is 0 Å². The molecule has 0 fully saturated rings. The summed E-state index contributed by atoms with van der Waals surface area (Å²) in [5, 5.41) is 6.56. The number of hydrogen-bond acceptors (Lipinski definition) is 3. The van der Waals surface area contributed by atoms with E-state index >= 15 is 0 Å². The Kier molecular flexibility index (Phi) is 6.32. The topological polar surface area (TPSA) is 33.3 Å². The Bertz CT molecular complexity index is 383. The van der Waals surface area contributed by atoms with E-state index in [1.807, 2.05) is 7.05 Å². The van der Waals surface area contributed by atoms with E-state index in [1.54, 1.807) is 7.11 Å². The van der Waals surface area contributed by atoms with Crippen molar-refractivity contribution in [1.82, 2.24) is 10.6 Å². The molecular weight excluding hydrogens is 236 g/mol. The highest BCUT2D eigenvalue weighted by Crippen LogP contribution is 2.31. The molecule has 0 unspecified atom stereocenters. The van der Waals surface area contributed by atoms with Gasteiger partial charge in [0.15, 0.2) is 0 Å². The van der Waals surface area contributed by atoms with E-state index < -0.39 is 0 Å². The van der Waals surface area contributed by atoms with E-state index in [4.69, 9.17) is 4.74 Å². The van der Waals surface area contributed by atoms with Gasteiger partial charge in [-0.05, 0) is 42.6 Å². The van der Waals surface area contributed by atoms with E-state index in [-0.39, 0.29) is 5.41 Å². The fourth-order valence-electron chi connectivity index (χ4n) is 2.07. The SMILES string of the molecule is CNCCNCCc1ccc(OC)c(C(C)(C)C)c1. The van der Waals surface area contributed by atoms with Gasteiger partial charge in [-0.25, -0.2) is 0 Å². The Morgan fingerprint density at radius 3 is 2.42 bits per heavy atom. The summed E-state index contributed by atoms with van der Waals surface area (Å²) in [5.41, 5.74) is 2.76. The highest BCUT2D eigenvalue weighted by Gasteiger charge is 2.18. The van der Waals surface area contributed by atoms with Crippen molar-refractivity contribution in [3.05, 3.63) is 29.3 Å². The number of rotatable bonds is 7. The molecule has 1 aromatic rings. The van der Waals surface area contributed by atoms with Gasteiger partial charge in [0.05, 0.1) is 7.11 Å². The molecule has 19 heavy (non-hydrogen) atoms. The van der Waals surface area contributed by atoms with E-state index in [0.717, 1.165) is 31.8 Å². The third kappa shape index (κ3) is 5.21. The summed E-state index contributed by atoms with van der Waals surface area (Å²) in [4.78, 5) is 0. The van der Waals surface area contributed by atoms with Crippen LogP contribution in [0.3, 0.4) is 0 Å². The number of benzene rings is 1. The molecule has 0 aromatic heterocycles. The number of likely N-dealkylation sites (N-methyl/N-ethyl adjacent to an activating group) is 1. The first-order valence-electron chi connectivity index (χ1n) is 7.01. The minimum absolute atomic E-state index is 0.112. The molecule has 0 aliphatic heterocycles. The van der Waals surface area contributed by atoms with Crippen molar-refractivity contribution in [2.45, 2.75) is 32.6 Å². The summed E-state index contributed by atoms with van der Waals surface area (Å²) in [5.74, 6) is 0.986. The van der Waals surface area contributed by atoms with Crippen LogP contribution in [0.1, 0.15) is 31.9 Å². The van der Waals surface area contributed by atoms with Crippen LogP contribution in [-0.4, -0.2) is 33.8 Å². The van der Waals surface area contributed by atoms with Crippen molar-refractivity contribution in [2.24, 2.45) is 0 Å². The summed E-state index contributed by atoms with van der Waals surface area (Å²) in [7, 11) is 3.71. The normalized spacial score (nSPS) is 11.6. The van der Waals surface area contributed by atoms with Gasteiger partial charge in [0.25, 0.3) is 0 Å². The molecule has 0 spiro atoms. The Labute approximate surface area is 117 Å².